The normalized spacial score (nSPS) is 13.2. The Morgan fingerprint density at radius 3 is 2.96 bits per heavy atom. The predicted octanol–water partition coefficient (Wildman–Crippen LogP) is 4.76. The third-order valence-electron chi connectivity index (χ3n) is 4.19. The quantitative estimate of drug-likeness (QED) is 0.738. The number of hydrogen-bond acceptors (Lipinski definition) is 4. The number of nitrogens with zero attached hydrogens (tertiary/aromatic N) is 1. The van der Waals surface area contributed by atoms with E-state index < -0.39 is 0 Å². The number of hydrogen-bond donors (Lipinski definition) is 1. The second kappa shape index (κ2) is 6.69. The number of anilines is 1. The van der Waals surface area contributed by atoms with E-state index in [-0.39, 0.29) is 5.91 Å². The molecule has 1 amide bonds. The van der Waals surface area contributed by atoms with Gasteiger partial charge in [-0.15, -0.1) is 11.3 Å². The molecular formula is C20H18N2O2S. The molecule has 0 aliphatic carbocycles. The van der Waals surface area contributed by atoms with Crippen LogP contribution in [-0.2, 0) is 11.2 Å². The summed E-state index contributed by atoms with van der Waals surface area (Å²) in [5, 5.41) is 5.97. The fraction of sp³-hybridized carbons (Fsp3) is 0.200. The topological polar surface area (TPSA) is 51.2 Å². The molecule has 0 radical (unpaired) electrons. The van der Waals surface area contributed by atoms with Gasteiger partial charge in [0.2, 0.25) is 5.91 Å². The SMILES string of the molecule is CCOc1cccc(-c2nc(-c3ccc4c(c3)CCC(=O)N4)cs2)c1. The molecule has 0 fully saturated rings. The maximum atomic E-state index is 11.5. The molecule has 1 N–H and O–H groups in total. The molecule has 1 aromatic heterocycles. The summed E-state index contributed by atoms with van der Waals surface area (Å²) in [6.45, 7) is 2.63. The number of benzene rings is 2. The van der Waals surface area contributed by atoms with Crippen molar-refractivity contribution in [2.75, 3.05) is 11.9 Å². The molecule has 0 saturated heterocycles. The smallest absolute Gasteiger partial charge is 0.224 e. The summed E-state index contributed by atoms with van der Waals surface area (Å²) in [4.78, 5) is 16.3. The Labute approximate surface area is 150 Å². The molecule has 0 saturated carbocycles. The summed E-state index contributed by atoms with van der Waals surface area (Å²) in [6.07, 6.45) is 1.32. The summed E-state index contributed by atoms with van der Waals surface area (Å²) in [7, 11) is 0. The average molecular weight is 350 g/mol. The first-order valence-corrected chi connectivity index (χ1v) is 9.23. The van der Waals surface area contributed by atoms with E-state index in [0.29, 0.717) is 13.0 Å². The molecule has 3 aromatic rings. The van der Waals surface area contributed by atoms with Gasteiger partial charge in [-0.3, -0.25) is 4.79 Å². The number of thiazole rings is 1. The second-order valence-electron chi connectivity index (χ2n) is 5.92. The summed E-state index contributed by atoms with van der Waals surface area (Å²) >= 11 is 1.63. The van der Waals surface area contributed by atoms with E-state index in [0.717, 1.165) is 39.7 Å². The highest BCUT2D eigenvalue weighted by Crippen LogP contribution is 2.33. The van der Waals surface area contributed by atoms with Gasteiger partial charge in [0.15, 0.2) is 0 Å². The fourth-order valence-corrected chi connectivity index (χ4v) is 3.79. The zero-order valence-electron chi connectivity index (χ0n) is 13.9. The van der Waals surface area contributed by atoms with E-state index in [1.807, 2.05) is 43.3 Å². The maximum Gasteiger partial charge on any atom is 0.224 e. The van der Waals surface area contributed by atoms with Gasteiger partial charge in [0, 0.05) is 28.6 Å². The van der Waals surface area contributed by atoms with Crippen LogP contribution in [0.25, 0.3) is 21.8 Å². The van der Waals surface area contributed by atoms with Crippen molar-refractivity contribution in [2.45, 2.75) is 19.8 Å². The number of carbonyl (C=O) groups excluding carboxylic acids is 1. The molecule has 0 atom stereocenters. The van der Waals surface area contributed by atoms with Gasteiger partial charge in [0.05, 0.1) is 12.3 Å². The molecule has 2 aromatic carbocycles. The van der Waals surface area contributed by atoms with Crippen LogP contribution in [0.3, 0.4) is 0 Å². The first kappa shape index (κ1) is 15.8. The van der Waals surface area contributed by atoms with E-state index >= 15 is 0 Å². The zero-order valence-corrected chi connectivity index (χ0v) is 14.7. The number of rotatable bonds is 4. The Hall–Kier alpha value is -2.66. The fourth-order valence-electron chi connectivity index (χ4n) is 2.97. The Morgan fingerprint density at radius 2 is 2.08 bits per heavy atom. The van der Waals surface area contributed by atoms with E-state index in [1.54, 1.807) is 11.3 Å². The summed E-state index contributed by atoms with van der Waals surface area (Å²) < 4.78 is 5.57. The largest absolute Gasteiger partial charge is 0.494 e. The minimum atomic E-state index is 0.0883. The Bertz CT molecular complexity index is 933. The Morgan fingerprint density at radius 1 is 1.16 bits per heavy atom. The summed E-state index contributed by atoms with van der Waals surface area (Å²) in [6, 6.07) is 14.1. The van der Waals surface area contributed by atoms with Crippen LogP contribution >= 0.6 is 11.3 Å². The van der Waals surface area contributed by atoms with Gasteiger partial charge >= 0.3 is 0 Å². The van der Waals surface area contributed by atoms with E-state index in [2.05, 4.69) is 16.8 Å². The number of amides is 1. The number of carbonyl (C=O) groups is 1. The Balaban J connectivity index is 1.63. The molecule has 5 heteroatoms. The maximum absolute atomic E-state index is 11.5. The van der Waals surface area contributed by atoms with Crippen LogP contribution in [0.4, 0.5) is 5.69 Å². The van der Waals surface area contributed by atoms with Crippen molar-refractivity contribution in [3.63, 3.8) is 0 Å². The minimum absolute atomic E-state index is 0.0883. The molecule has 4 nitrogen and oxygen atoms in total. The van der Waals surface area contributed by atoms with Gasteiger partial charge in [0.1, 0.15) is 10.8 Å². The highest BCUT2D eigenvalue weighted by Gasteiger charge is 2.16. The van der Waals surface area contributed by atoms with Gasteiger partial charge in [0.25, 0.3) is 0 Å². The van der Waals surface area contributed by atoms with E-state index in [4.69, 9.17) is 9.72 Å². The monoisotopic (exact) mass is 350 g/mol. The number of ether oxygens (including phenoxy) is 1. The van der Waals surface area contributed by atoms with Crippen LogP contribution in [0.15, 0.2) is 47.8 Å². The van der Waals surface area contributed by atoms with Gasteiger partial charge in [-0.25, -0.2) is 4.98 Å². The summed E-state index contributed by atoms with van der Waals surface area (Å²) in [5.74, 6) is 0.951. The number of fused-ring (bicyclic) bond motifs is 1. The lowest BCUT2D eigenvalue weighted by molar-refractivity contribution is -0.116. The molecular weight excluding hydrogens is 332 g/mol. The van der Waals surface area contributed by atoms with Gasteiger partial charge in [-0.2, -0.15) is 0 Å². The van der Waals surface area contributed by atoms with Crippen molar-refractivity contribution in [1.82, 2.24) is 4.98 Å². The lowest BCUT2D eigenvalue weighted by Crippen LogP contribution is -2.18. The number of nitrogens with one attached hydrogen (secondary N) is 1. The first-order valence-electron chi connectivity index (χ1n) is 8.35. The molecule has 4 rings (SSSR count). The van der Waals surface area contributed by atoms with Crippen molar-refractivity contribution in [1.29, 1.82) is 0 Å². The Kier molecular flexibility index (Phi) is 4.24. The highest BCUT2D eigenvalue weighted by atomic mass is 32.1. The number of aromatic nitrogens is 1. The second-order valence-corrected chi connectivity index (χ2v) is 6.78. The number of aryl methyl sites for hydroxylation is 1. The van der Waals surface area contributed by atoms with Crippen molar-refractivity contribution < 1.29 is 9.53 Å². The van der Waals surface area contributed by atoms with Gasteiger partial charge < -0.3 is 10.1 Å². The highest BCUT2D eigenvalue weighted by molar-refractivity contribution is 7.13. The van der Waals surface area contributed by atoms with E-state index in [1.165, 1.54) is 5.56 Å². The van der Waals surface area contributed by atoms with Gasteiger partial charge in [-0.1, -0.05) is 18.2 Å². The predicted molar refractivity (Wildman–Crippen MR) is 101 cm³/mol. The van der Waals surface area contributed by atoms with Crippen LogP contribution < -0.4 is 10.1 Å². The third-order valence-corrected chi connectivity index (χ3v) is 5.08. The van der Waals surface area contributed by atoms with Crippen molar-refractivity contribution in [3.05, 3.63) is 53.4 Å². The van der Waals surface area contributed by atoms with Crippen LogP contribution in [0.5, 0.6) is 5.75 Å². The van der Waals surface area contributed by atoms with Crippen molar-refractivity contribution in [2.24, 2.45) is 0 Å². The van der Waals surface area contributed by atoms with Gasteiger partial charge in [-0.05, 0) is 43.2 Å². The first-order chi connectivity index (χ1) is 12.2. The van der Waals surface area contributed by atoms with E-state index in [9.17, 15) is 4.79 Å². The molecule has 1 aliphatic heterocycles. The van der Waals surface area contributed by atoms with Crippen molar-refractivity contribution >= 4 is 22.9 Å². The minimum Gasteiger partial charge on any atom is -0.494 e. The third kappa shape index (κ3) is 3.28. The molecule has 25 heavy (non-hydrogen) atoms. The standard InChI is InChI=1S/C20H18N2O2S/c1-2-24-16-5-3-4-15(11-16)20-22-18(12-25-20)14-6-8-17-13(10-14)7-9-19(23)21-17/h3-6,8,10-12H,2,7,9H2,1H3,(H,21,23). The molecule has 126 valence electrons. The molecule has 0 bridgehead atoms. The zero-order chi connectivity index (χ0) is 17.2. The lowest BCUT2D eigenvalue weighted by atomic mass is 9.99. The average Bonchev–Trinajstić information content (AvgIpc) is 3.12. The van der Waals surface area contributed by atoms with Crippen LogP contribution in [0, 0.1) is 0 Å². The molecule has 0 unspecified atom stereocenters. The molecule has 0 spiro atoms. The van der Waals surface area contributed by atoms with Crippen LogP contribution in [0.2, 0.25) is 0 Å². The van der Waals surface area contributed by atoms with Crippen LogP contribution in [0.1, 0.15) is 18.9 Å². The lowest BCUT2D eigenvalue weighted by Gasteiger charge is -2.17. The molecule has 2 heterocycles. The van der Waals surface area contributed by atoms with Crippen LogP contribution in [-0.4, -0.2) is 17.5 Å². The molecule has 1 aliphatic rings. The summed E-state index contributed by atoms with van der Waals surface area (Å²) in [5.41, 5.74) is 5.19. The van der Waals surface area contributed by atoms with Crippen molar-refractivity contribution in [3.8, 4) is 27.6 Å².